The molecule has 0 aromatic carbocycles. The fourth-order valence-corrected chi connectivity index (χ4v) is 1.02. The third kappa shape index (κ3) is 9.96. The molecule has 0 aromatic heterocycles. The van der Waals surface area contributed by atoms with E-state index in [4.69, 9.17) is 5.11 Å². The molecule has 0 fully saturated rings. The minimum atomic E-state index is -4.27. The van der Waals surface area contributed by atoms with Gasteiger partial charge in [-0.2, -0.15) is 13.2 Å². The third-order valence-corrected chi connectivity index (χ3v) is 1.78. The van der Waals surface area contributed by atoms with Crippen LogP contribution < -0.4 is 5.32 Å². The molecule has 0 amide bonds. The molecular weight excluding hydrogens is 211 g/mol. The lowest BCUT2D eigenvalue weighted by Gasteiger charge is -2.16. The second-order valence-electron chi connectivity index (χ2n) is 3.29. The number of nitrogens with one attached hydrogen (secondary N) is 1. The fraction of sp³-hybridized carbons (Fsp3) is 1.00. The highest BCUT2D eigenvalue weighted by atomic mass is 19.4. The topological polar surface area (TPSA) is 41.5 Å². The van der Waals surface area contributed by atoms with Crippen molar-refractivity contribution in [2.24, 2.45) is 0 Å². The predicted molar refractivity (Wildman–Crippen MR) is 50.7 cm³/mol. The average Bonchev–Trinajstić information content (AvgIpc) is 2.15. The van der Waals surface area contributed by atoms with Gasteiger partial charge < -0.3 is 15.2 Å². The maximum Gasteiger partial charge on any atom is 0.411 e. The van der Waals surface area contributed by atoms with Gasteiger partial charge in [0.05, 0.1) is 6.61 Å². The second kappa shape index (κ2) is 7.90. The lowest BCUT2D eigenvalue weighted by atomic mass is 10.2. The predicted octanol–water partition coefficient (Wildman–Crippen LogP) is 1.32. The van der Waals surface area contributed by atoms with Crippen molar-refractivity contribution >= 4 is 0 Å². The molecular formula is C9H18F3NO2. The molecule has 0 radical (unpaired) electrons. The molecule has 0 saturated carbocycles. The van der Waals surface area contributed by atoms with Gasteiger partial charge in [-0.15, -0.1) is 0 Å². The molecule has 1 atom stereocenters. The van der Waals surface area contributed by atoms with Gasteiger partial charge in [0.2, 0.25) is 0 Å². The van der Waals surface area contributed by atoms with Gasteiger partial charge in [-0.3, -0.25) is 0 Å². The molecule has 0 aliphatic carbocycles. The Bertz CT molecular complexity index is 153. The number of rotatable bonds is 8. The molecule has 3 nitrogen and oxygen atoms in total. The minimum Gasteiger partial charge on any atom is -0.395 e. The van der Waals surface area contributed by atoms with Crippen molar-refractivity contribution in [1.29, 1.82) is 0 Å². The van der Waals surface area contributed by atoms with E-state index >= 15 is 0 Å². The van der Waals surface area contributed by atoms with Crippen molar-refractivity contribution in [2.75, 3.05) is 26.4 Å². The normalized spacial score (nSPS) is 14.2. The van der Waals surface area contributed by atoms with Crippen molar-refractivity contribution in [1.82, 2.24) is 5.32 Å². The zero-order valence-corrected chi connectivity index (χ0v) is 8.81. The summed E-state index contributed by atoms with van der Waals surface area (Å²) in [5.41, 5.74) is 0. The van der Waals surface area contributed by atoms with Gasteiger partial charge in [-0.25, -0.2) is 0 Å². The first-order chi connectivity index (χ1) is 6.99. The average molecular weight is 229 g/mol. The number of hydrogen-bond donors (Lipinski definition) is 2. The number of halogens is 3. The van der Waals surface area contributed by atoms with Crippen LogP contribution in [0.3, 0.4) is 0 Å². The molecule has 6 heteroatoms. The monoisotopic (exact) mass is 229 g/mol. The molecule has 0 aromatic rings. The van der Waals surface area contributed by atoms with Crippen LogP contribution >= 0.6 is 0 Å². The maximum absolute atomic E-state index is 11.7. The van der Waals surface area contributed by atoms with E-state index in [0.717, 1.165) is 13.0 Å². The standard InChI is InChI=1S/C9H18F3NO2/c1-2-4-13-8(6-14)3-5-15-7-9(10,11)12/h8,13-14H,2-7H2,1H3. The Morgan fingerprint density at radius 3 is 2.53 bits per heavy atom. The van der Waals surface area contributed by atoms with Crippen LogP contribution in [-0.2, 0) is 4.74 Å². The van der Waals surface area contributed by atoms with Crippen LogP contribution in [0.25, 0.3) is 0 Å². The molecule has 0 aliphatic heterocycles. The van der Waals surface area contributed by atoms with E-state index in [2.05, 4.69) is 10.1 Å². The van der Waals surface area contributed by atoms with Crippen molar-refractivity contribution < 1.29 is 23.0 Å². The minimum absolute atomic E-state index is 0.00144. The van der Waals surface area contributed by atoms with Gasteiger partial charge in [0.15, 0.2) is 0 Å². The SMILES string of the molecule is CCCNC(CO)CCOCC(F)(F)F. The van der Waals surface area contributed by atoms with Gasteiger partial charge in [-0.05, 0) is 19.4 Å². The maximum atomic E-state index is 11.7. The van der Waals surface area contributed by atoms with Crippen LogP contribution in [0.15, 0.2) is 0 Å². The van der Waals surface area contributed by atoms with E-state index < -0.39 is 12.8 Å². The van der Waals surface area contributed by atoms with Gasteiger partial charge >= 0.3 is 6.18 Å². The van der Waals surface area contributed by atoms with Crippen LogP contribution in [0.4, 0.5) is 13.2 Å². The van der Waals surface area contributed by atoms with E-state index in [0.29, 0.717) is 6.42 Å². The Balaban J connectivity index is 3.46. The highest BCUT2D eigenvalue weighted by molar-refractivity contribution is 4.64. The summed E-state index contributed by atoms with van der Waals surface area (Å²) in [5.74, 6) is 0. The smallest absolute Gasteiger partial charge is 0.395 e. The van der Waals surface area contributed by atoms with Crippen molar-refractivity contribution in [3.63, 3.8) is 0 Å². The molecule has 0 saturated heterocycles. The zero-order chi connectivity index (χ0) is 11.7. The highest BCUT2D eigenvalue weighted by Gasteiger charge is 2.27. The molecule has 0 bridgehead atoms. The third-order valence-electron chi connectivity index (χ3n) is 1.78. The van der Waals surface area contributed by atoms with Gasteiger partial charge in [0, 0.05) is 12.6 Å². The number of ether oxygens (including phenoxy) is 1. The summed E-state index contributed by atoms with van der Waals surface area (Å²) < 4.78 is 39.5. The Labute approximate surface area is 87.6 Å². The quantitative estimate of drug-likeness (QED) is 0.617. The largest absolute Gasteiger partial charge is 0.411 e. The van der Waals surface area contributed by atoms with E-state index in [1.807, 2.05) is 6.92 Å². The summed E-state index contributed by atoms with van der Waals surface area (Å²) >= 11 is 0. The van der Waals surface area contributed by atoms with Gasteiger partial charge in [0.1, 0.15) is 6.61 Å². The summed E-state index contributed by atoms with van der Waals surface area (Å²) in [6.45, 7) is 1.40. The molecule has 0 rings (SSSR count). The number of aliphatic hydroxyl groups is 1. The molecule has 2 N–H and O–H groups in total. The zero-order valence-electron chi connectivity index (χ0n) is 8.81. The van der Waals surface area contributed by atoms with Gasteiger partial charge in [-0.1, -0.05) is 6.92 Å². The van der Waals surface area contributed by atoms with E-state index in [9.17, 15) is 13.2 Å². The van der Waals surface area contributed by atoms with Crippen LogP contribution in [0.1, 0.15) is 19.8 Å². The first-order valence-corrected chi connectivity index (χ1v) is 4.98. The summed E-state index contributed by atoms with van der Waals surface area (Å²) in [6, 6.07) is -0.182. The first-order valence-electron chi connectivity index (χ1n) is 4.98. The van der Waals surface area contributed by atoms with E-state index in [1.54, 1.807) is 0 Å². The first kappa shape index (κ1) is 14.7. The Morgan fingerprint density at radius 2 is 2.07 bits per heavy atom. The van der Waals surface area contributed by atoms with Crippen molar-refractivity contribution in [3.05, 3.63) is 0 Å². The number of alkyl halides is 3. The second-order valence-corrected chi connectivity index (χ2v) is 3.29. The Hall–Kier alpha value is -0.330. The molecule has 1 unspecified atom stereocenters. The highest BCUT2D eigenvalue weighted by Crippen LogP contribution is 2.14. The summed E-state index contributed by atoms with van der Waals surface area (Å²) in [5, 5.41) is 11.9. The molecule has 15 heavy (non-hydrogen) atoms. The lowest BCUT2D eigenvalue weighted by molar-refractivity contribution is -0.174. The summed E-state index contributed by atoms with van der Waals surface area (Å²) in [4.78, 5) is 0. The van der Waals surface area contributed by atoms with Gasteiger partial charge in [0.25, 0.3) is 0 Å². The lowest BCUT2D eigenvalue weighted by Crippen LogP contribution is -2.34. The van der Waals surface area contributed by atoms with Crippen LogP contribution in [0.2, 0.25) is 0 Å². The Morgan fingerprint density at radius 1 is 1.40 bits per heavy atom. The van der Waals surface area contributed by atoms with Crippen molar-refractivity contribution in [2.45, 2.75) is 32.0 Å². The Kier molecular flexibility index (Phi) is 7.72. The fourth-order valence-electron chi connectivity index (χ4n) is 1.02. The van der Waals surface area contributed by atoms with E-state index in [1.165, 1.54) is 0 Å². The molecule has 0 spiro atoms. The summed E-state index contributed by atoms with van der Waals surface area (Å²) in [7, 11) is 0. The molecule has 92 valence electrons. The number of aliphatic hydroxyl groups excluding tert-OH is 1. The molecule has 0 heterocycles. The summed E-state index contributed by atoms with van der Waals surface area (Å²) in [6.07, 6.45) is -2.97. The van der Waals surface area contributed by atoms with Crippen LogP contribution in [-0.4, -0.2) is 43.7 Å². The van der Waals surface area contributed by atoms with Crippen molar-refractivity contribution in [3.8, 4) is 0 Å². The van der Waals surface area contributed by atoms with Crippen LogP contribution in [0.5, 0.6) is 0 Å². The van der Waals surface area contributed by atoms with E-state index in [-0.39, 0.29) is 19.3 Å². The van der Waals surface area contributed by atoms with Crippen LogP contribution in [0, 0.1) is 0 Å². The molecule has 0 aliphatic rings. The number of hydrogen-bond acceptors (Lipinski definition) is 3.